The number of aliphatic carboxylic acids is 1. The van der Waals surface area contributed by atoms with Crippen LogP contribution in [0.25, 0.3) is 0 Å². The van der Waals surface area contributed by atoms with Crippen molar-refractivity contribution in [3.05, 3.63) is 57.6 Å². The predicted octanol–water partition coefficient (Wildman–Crippen LogP) is 5.16. The molecule has 4 N–H and O–H groups in total. The van der Waals surface area contributed by atoms with Crippen LogP contribution in [0, 0.1) is 11.8 Å². The minimum Gasteiger partial charge on any atom is -0.496 e. The van der Waals surface area contributed by atoms with Gasteiger partial charge in [0.05, 0.1) is 29.8 Å². The standard InChI is InChI=1S/C25H30Cl2N2O5/c1-34-23-9-7-18(26)13-19(23)21(10-11-30)29-22-8-6-17(12-20(22)27)24(31)28-14-15-2-4-16(5-3-15)25(32)33/h6-9,12-13,15-16,21,29-30H,2-5,10-11,14H2,1H3,(H,28,31)(H,32,33)/t15?,16?,21-/m0/s1. The molecule has 1 amide bonds. The summed E-state index contributed by atoms with van der Waals surface area (Å²) in [5.41, 5.74) is 1.85. The number of hydrogen-bond donors (Lipinski definition) is 4. The number of rotatable bonds is 10. The van der Waals surface area contributed by atoms with Gasteiger partial charge in [0.2, 0.25) is 0 Å². The van der Waals surface area contributed by atoms with E-state index < -0.39 is 5.97 Å². The number of benzene rings is 2. The van der Waals surface area contributed by atoms with Crippen LogP contribution in [0.15, 0.2) is 36.4 Å². The Labute approximate surface area is 209 Å². The first-order valence-corrected chi connectivity index (χ1v) is 12.1. The molecule has 3 rings (SSSR count). The van der Waals surface area contributed by atoms with Crippen molar-refractivity contribution in [1.29, 1.82) is 0 Å². The quantitative estimate of drug-likeness (QED) is 0.353. The Morgan fingerprint density at radius 1 is 1.12 bits per heavy atom. The predicted molar refractivity (Wildman–Crippen MR) is 133 cm³/mol. The number of aliphatic hydroxyl groups excluding tert-OH is 1. The van der Waals surface area contributed by atoms with Crippen molar-refractivity contribution < 1.29 is 24.5 Å². The molecule has 0 spiro atoms. The van der Waals surface area contributed by atoms with Crippen LogP contribution in [-0.4, -0.2) is 42.4 Å². The first kappa shape index (κ1) is 26.1. The summed E-state index contributed by atoms with van der Waals surface area (Å²) in [4.78, 5) is 23.7. The summed E-state index contributed by atoms with van der Waals surface area (Å²) in [6.07, 6.45) is 3.28. The fourth-order valence-corrected chi connectivity index (χ4v) is 4.74. The highest BCUT2D eigenvalue weighted by Gasteiger charge is 2.26. The second kappa shape index (κ2) is 12.3. The molecular weight excluding hydrogens is 479 g/mol. The number of anilines is 1. The van der Waals surface area contributed by atoms with Crippen molar-refractivity contribution in [3.8, 4) is 5.75 Å². The van der Waals surface area contributed by atoms with Gasteiger partial charge >= 0.3 is 5.97 Å². The summed E-state index contributed by atoms with van der Waals surface area (Å²) >= 11 is 12.7. The fraction of sp³-hybridized carbons (Fsp3) is 0.440. The second-order valence-electron chi connectivity index (χ2n) is 8.56. The van der Waals surface area contributed by atoms with E-state index in [-0.39, 0.29) is 30.4 Å². The van der Waals surface area contributed by atoms with Crippen molar-refractivity contribution in [3.63, 3.8) is 0 Å². The Balaban J connectivity index is 1.64. The number of carbonyl (C=O) groups is 2. The first-order valence-electron chi connectivity index (χ1n) is 11.3. The summed E-state index contributed by atoms with van der Waals surface area (Å²) in [5, 5.41) is 25.9. The Kier molecular flexibility index (Phi) is 9.45. The molecule has 184 valence electrons. The maximum absolute atomic E-state index is 12.6. The highest BCUT2D eigenvalue weighted by atomic mass is 35.5. The van der Waals surface area contributed by atoms with Gasteiger partial charge in [-0.15, -0.1) is 0 Å². The molecular formula is C25H30Cl2N2O5. The van der Waals surface area contributed by atoms with Crippen LogP contribution in [0.4, 0.5) is 5.69 Å². The van der Waals surface area contributed by atoms with Gasteiger partial charge in [-0.3, -0.25) is 9.59 Å². The number of methoxy groups -OCH3 is 1. The van der Waals surface area contributed by atoms with Crippen LogP contribution in [-0.2, 0) is 4.79 Å². The minimum absolute atomic E-state index is 0.0557. The van der Waals surface area contributed by atoms with E-state index >= 15 is 0 Å². The third-order valence-corrected chi connectivity index (χ3v) is 6.84. The Morgan fingerprint density at radius 3 is 2.47 bits per heavy atom. The number of halogens is 2. The van der Waals surface area contributed by atoms with Gasteiger partial charge < -0.3 is 25.6 Å². The molecule has 0 unspecified atom stereocenters. The molecule has 0 radical (unpaired) electrons. The molecule has 0 saturated heterocycles. The zero-order chi connectivity index (χ0) is 24.7. The lowest BCUT2D eigenvalue weighted by Gasteiger charge is -2.26. The topological polar surface area (TPSA) is 108 Å². The van der Waals surface area contributed by atoms with E-state index in [4.69, 9.17) is 33.0 Å². The van der Waals surface area contributed by atoms with Crippen molar-refractivity contribution >= 4 is 40.8 Å². The highest BCUT2D eigenvalue weighted by Crippen LogP contribution is 2.35. The molecule has 0 heterocycles. The summed E-state index contributed by atoms with van der Waals surface area (Å²) in [6, 6.07) is 10.0. The summed E-state index contributed by atoms with van der Waals surface area (Å²) < 4.78 is 5.45. The average molecular weight is 509 g/mol. The van der Waals surface area contributed by atoms with E-state index in [0.717, 1.165) is 18.4 Å². The normalized spacial score (nSPS) is 18.7. The van der Waals surface area contributed by atoms with Gasteiger partial charge in [-0.2, -0.15) is 0 Å². The molecule has 2 aromatic rings. The molecule has 0 aromatic heterocycles. The van der Waals surface area contributed by atoms with Gasteiger partial charge in [-0.25, -0.2) is 0 Å². The minimum atomic E-state index is -0.735. The van der Waals surface area contributed by atoms with Crippen LogP contribution in [0.5, 0.6) is 5.75 Å². The Bertz CT molecular complexity index is 1010. The van der Waals surface area contributed by atoms with Crippen molar-refractivity contribution in [2.45, 2.75) is 38.1 Å². The molecule has 1 saturated carbocycles. The molecule has 0 bridgehead atoms. The molecule has 34 heavy (non-hydrogen) atoms. The smallest absolute Gasteiger partial charge is 0.306 e. The molecule has 0 aliphatic heterocycles. The lowest BCUT2D eigenvalue weighted by molar-refractivity contribution is -0.143. The molecule has 2 aromatic carbocycles. The first-order chi connectivity index (χ1) is 16.3. The SMILES string of the molecule is COc1ccc(Cl)cc1[C@H](CCO)Nc1ccc(C(=O)NCC2CCC(C(=O)O)CC2)cc1Cl. The molecule has 1 atom stereocenters. The molecule has 1 aliphatic carbocycles. The van der Waals surface area contributed by atoms with Gasteiger partial charge in [0, 0.05) is 29.3 Å². The largest absolute Gasteiger partial charge is 0.496 e. The van der Waals surface area contributed by atoms with Crippen molar-refractivity contribution in [2.75, 3.05) is 25.6 Å². The number of hydrogen-bond acceptors (Lipinski definition) is 5. The number of nitrogens with one attached hydrogen (secondary N) is 2. The third kappa shape index (κ3) is 6.78. The number of amides is 1. The Hall–Kier alpha value is -2.48. The maximum Gasteiger partial charge on any atom is 0.306 e. The zero-order valence-electron chi connectivity index (χ0n) is 19.0. The van der Waals surface area contributed by atoms with Crippen LogP contribution >= 0.6 is 23.2 Å². The second-order valence-corrected chi connectivity index (χ2v) is 9.40. The lowest BCUT2D eigenvalue weighted by Crippen LogP contribution is -2.32. The molecule has 7 nitrogen and oxygen atoms in total. The van der Waals surface area contributed by atoms with Gasteiger partial charge in [-0.1, -0.05) is 23.2 Å². The van der Waals surface area contributed by atoms with Gasteiger partial charge in [0.15, 0.2) is 0 Å². The number of carboxylic acid groups (broad SMARTS) is 1. The van der Waals surface area contributed by atoms with E-state index in [2.05, 4.69) is 10.6 Å². The van der Waals surface area contributed by atoms with Gasteiger partial charge in [0.1, 0.15) is 5.75 Å². The van der Waals surface area contributed by atoms with Crippen LogP contribution in [0.1, 0.15) is 54.1 Å². The summed E-state index contributed by atoms with van der Waals surface area (Å²) in [7, 11) is 1.57. The lowest BCUT2D eigenvalue weighted by atomic mass is 9.82. The molecule has 1 fully saturated rings. The van der Waals surface area contributed by atoms with Crippen molar-refractivity contribution in [2.24, 2.45) is 11.8 Å². The molecule has 9 heteroatoms. The van der Waals surface area contributed by atoms with Crippen molar-refractivity contribution in [1.82, 2.24) is 5.32 Å². The zero-order valence-corrected chi connectivity index (χ0v) is 20.5. The summed E-state index contributed by atoms with van der Waals surface area (Å²) in [5.74, 6) is -0.312. The highest BCUT2D eigenvalue weighted by molar-refractivity contribution is 6.33. The van der Waals surface area contributed by atoms with Crippen LogP contribution in [0.2, 0.25) is 10.0 Å². The van der Waals surface area contributed by atoms with Gasteiger partial charge in [0.25, 0.3) is 5.91 Å². The van der Waals surface area contributed by atoms with E-state index in [1.165, 1.54) is 0 Å². The number of ether oxygens (including phenoxy) is 1. The number of carbonyl (C=O) groups excluding carboxylic acids is 1. The van der Waals surface area contributed by atoms with Crippen LogP contribution < -0.4 is 15.4 Å². The monoisotopic (exact) mass is 508 g/mol. The number of aliphatic hydroxyl groups is 1. The molecule has 1 aliphatic rings. The van der Waals surface area contributed by atoms with E-state index in [0.29, 0.717) is 52.9 Å². The van der Waals surface area contributed by atoms with Gasteiger partial charge in [-0.05, 0) is 74.4 Å². The number of carboxylic acids is 1. The average Bonchev–Trinajstić information content (AvgIpc) is 2.83. The Morgan fingerprint density at radius 2 is 1.85 bits per heavy atom. The van der Waals surface area contributed by atoms with E-state index in [1.54, 1.807) is 43.5 Å². The van der Waals surface area contributed by atoms with E-state index in [1.807, 2.05) is 0 Å². The maximum atomic E-state index is 12.6. The third-order valence-electron chi connectivity index (χ3n) is 6.29. The summed E-state index contributed by atoms with van der Waals surface area (Å²) in [6.45, 7) is 0.454. The van der Waals surface area contributed by atoms with E-state index in [9.17, 15) is 14.7 Å². The van der Waals surface area contributed by atoms with Crippen LogP contribution in [0.3, 0.4) is 0 Å². The fourth-order valence-electron chi connectivity index (χ4n) is 4.33.